The van der Waals surface area contributed by atoms with Crippen molar-refractivity contribution >= 4 is 41.1 Å². The molecule has 29 N–H and O–H groups in total. The van der Waals surface area contributed by atoms with Crippen LogP contribution in [0.2, 0.25) is 0 Å². The summed E-state index contributed by atoms with van der Waals surface area (Å²) in [6.45, 7) is -4.64. The lowest BCUT2D eigenvalue weighted by molar-refractivity contribution is -0.402. The molecule has 48 heteroatoms. The number of hydrogen-bond donors (Lipinski definition) is 28. The van der Waals surface area contributed by atoms with Crippen LogP contribution in [0.5, 0.6) is 0 Å². The highest BCUT2D eigenvalue weighted by Crippen LogP contribution is 2.39. The van der Waals surface area contributed by atoms with Crippen molar-refractivity contribution in [3.05, 3.63) is 29.8 Å². The molecule has 7 aliphatic rings. The first kappa shape index (κ1) is 92.9. The zero-order valence-corrected chi connectivity index (χ0v) is 61.3. The molecule has 7 heterocycles. The number of carbonyl (C=O) groups is 6. The van der Waals surface area contributed by atoms with Gasteiger partial charge < -0.3 is 211 Å². The Morgan fingerprint density at radius 1 is 0.398 bits per heavy atom. The molecule has 646 valence electrons. The van der Waals surface area contributed by atoms with Crippen molar-refractivity contribution in [2.24, 2.45) is 5.73 Å². The molecule has 39 atom stereocenters. The van der Waals surface area contributed by atoms with Crippen LogP contribution in [0.3, 0.4) is 0 Å². The van der Waals surface area contributed by atoms with Crippen molar-refractivity contribution in [3.63, 3.8) is 0 Å². The maximum atomic E-state index is 13.2. The summed E-state index contributed by atoms with van der Waals surface area (Å²) in [5.41, 5.74) is 5.63. The quantitative estimate of drug-likeness (QED) is 0.0305. The molecule has 7 fully saturated rings. The number of rotatable bonds is 34. The maximum absolute atomic E-state index is 13.2. The van der Waals surface area contributed by atoms with Gasteiger partial charge in [-0.15, -0.1) is 0 Å². The van der Waals surface area contributed by atoms with E-state index >= 15 is 0 Å². The average molecular weight is 1640 g/mol. The molecular weight excluding hydrogens is 1530 g/mol. The maximum Gasteiger partial charge on any atom is 0.250 e. The molecule has 1 aromatic rings. The Bertz CT molecular complexity index is 3230. The number of aliphatic hydroxyl groups is 21. The minimum atomic E-state index is -2.61. The molecule has 0 radical (unpaired) electrons. The summed E-state index contributed by atoms with van der Waals surface area (Å²) in [7, 11) is 0. The normalized spacial score (nSPS) is 41.3. The lowest BCUT2D eigenvalue weighted by Gasteiger charge is -2.51. The summed E-state index contributed by atoms with van der Waals surface area (Å²) < 4.78 is 84.9. The minimum absolute atomic E-state index is 0.0332. The summed E-state index contributed by atoms with van der Waals surface area (Å²) in [6, 6.07) is -3.16. The zero-order valence-electron chi connectivity index (χ0n) is 61.3. The van der Waals surface area contributed by atoms with E-state index in [1.54, 1.807) is 0 Å². The second-order valence-corrected chi connectivity index (χ2v) is 28.0. The molecule has 8 rings (SSSR count). The fourth-order valence-electron chi connectivity index (χ4n) is 14.1. The minimum Gasteiger partial charge on any atom is -0.394 e. The van der Waals surface area contributed by atoms with Gasteiger partial charge in [0.2, 0.25) is 29.5 Å². The first-order chi connectivity index (χ1) is 53.5. The van der Waals surface area contributed by atoms with E-state index in [0.29, 0.717) is 0 Å². The Balaban J connectivity index is 1.20. The van der Waals surface area contributed by atoms with Gasteiger partial charge >= 0.3 is 0 Å². The van der Waals surface area contributed by atoms with E-state index < -0.39 is 334 Å². The van der Waals surface area contributed by atoms with Gasteiger partial charge in [-0.2, -0.15) is 0 Å². The number of amides is 6. The molecule has 0 spiro atoms. The number of hydrogen-bond acceptors (Lipinski definition) is 42. The highest BCUT2D eigenvalue weighted by Gasteiger charge is 2.60. The van der Waals surface area contributed by atoms with Crippen LogP contribution in [0.25, 0.3) is 0 Å². The van der Waals surface area contributed by atoms with Gasteiger partial charge in [0, 0.05) is 46.9 Å². The van der Waals surface area contributed by atoms with Gasteiger partial charge in [0.15, 0.2) is 44.0 Å². The molecule has 7 saturated heterocycles. The first-order valence-corrected chi connectivity index (χ1v) is 35.9. The fourth-order valence-corrected chi connectivity index (χ4v) is 14.1. The summed E-state index contributed by atoms with van der Waals surface area (Å²) in [5.74, 6) is -5.28. The van der Waals surface area contributed by atoms with Crippen LogP contribution < -0.4 is 37.6 Å². The Morgan fingerprint density at radius 3 is 1.20 bits per heavy atom. The Labute approximate surface area is 642 Å². The largest absolute Gasteiger partial charge is 0.394 e. The van der Waals surface area contributed by atoms with Gasteiger partial charge in [-0.3, -0.25) is 28.8 Å². The van der Waals surface area contributed by atoms with Crippen molar-refractivity contribution in [1.29, 1.82) is 0 Å². The zero-order chi connectivity index (χ0) is 83.5. The Kier molecular flexibility index (Phi) is 34.3. The van der Waals surface area contributed by atoms with Crippen molar-refractivity contribution in [2.45, 2.75) is 274 Å². The third-order valence-electron chi connectivity index (χ3n) is 19.8. The summed E-state index contributed by atoms with van der Waals surface area (Å²) in [5, 5.41) is 252. The van der Waals surface area contributed by atoms with Crippen LogP contribution in [0.1, 0.15) is 45.0 Å². The van der Waals surface area contributed by atoms with Crippen molar-refractivity contribution < 1.29 is 202 Å². The van der Waals surface area contributed by atoms with Crippen LogP contribution in [0.15, 0.2) is 24.3 Å². The van der Waals surface area contributed by atoms with Crippen LogP contribution in [-0.2, 0) is 90.3 Å². The van der Waals surface area contributed by atoms with E-state index in [-0.39, 0.29) is 11.3 Å². The molecule has 1 aromatic carbocycles. The lowest BCUT2D eigenvalue weighted by atomic mass is 9.94. The van der Waals surface area contributed by atoms with Crippen LogP contribution in [0, 0.1) is 0 Å². The number of aliphatic hydroxyl groups excluding tert-OH is 21. The number of carbonyl (C=O) groups excluding carboxylic acids is 6. The summed E-state index contributed by atoms with van der Waals surface area (Å²) in [6.07, 6.45) is -72.4. The molecule has 6 amide bonds. The average Bonchev–Trinajstić information content (AvgIpc) is 0.776. The van der Waals surface area contributed by atoms with Gasteiger partial charge in [0.1, 0.15) is 189 Å². The van der Waals surface area contributed by atoms with E-state index in [0.717, 1.165) is 34.6 Å². The topological polar surface area (TPSA) is 755 Å². The van der Waals surface area contributed by atoms with Crippen molar-refractivity contribution in [3.8, 4) is 0 Å². The molecule has 0 aromatic heterocycles. The number of primary amides is 1. The fraction of sp³-hybridized carbons (Fsp3) is 0.815. The number of nitrogens with one attached hydrogen (secondary N) is 6. The molecule has 0 aliphatic carbocycles. The number of benzene rings is 1. The van der Waals surface area contributed by atoms with E-state index in [1.807, 2.05) is 0 Å². The van der Waals surface area contributed by atoms with Crippen molar-refractivity contribution in [1.82, 2.24) is 26.6 Å². The van der Waals surface area contributed by atoms with E-state index in [1.165, 1.54) is 24.3 Å². The van der Waals surface area contributed by atoms with Crippen LogP contribution >= 0.6 is 0 Å². The van der Waals surface area contributed by atoms with Gasteiger partial charge in [-0.25, -0.2) is 0 Å². The lowest BCUT2D eigenvalue weighted by Crippen LogP contribution is -2.71. The van der Waals surface area contributed by atoms with E-state index in [9.17, 15) is 136 Å². The number of nitrogens with two attached hydrogens (primary N) is 1. The molecule has 113 heavy (non-hydrogen) atoms. The summed E-state index contributed by atoms with van der Waals surface area (Å²) in [4.78, 5) is 76.0. The SMILES string of the molecule is CC(=O)NC1[C@H](OC2[C@@H](OCC3O[C@@H](O[C@@H]4C(CO)O[C@@H](O[C@H](C(O)CO)[C@H](O)C(CNc5ccccc5C(N)=O)NC(C)=O)C(NC(C)=O)[C@H]4O)C(O)[C@@H](O[C@H]4OC(CO)[C@@H](O[C@@H]5OC(CO)[C@@H](O)[C@H](O)C5NC(C)=O)[C@H](O)C4O[C@@H]4OC(CO)[C@@H](O)[C@H](O)C4NC(C)=O)[C@@H]3O)OC(CO)[C@@H](O)[C@@H]2O)OC(CO)[C@@H](O)[C@@H]1O. The Morgan fingerprint density at radius 2 is 0.770 bits per heavy atom. The molecular formula is C65H105N7O41. The molecule has 16 unspecified atom stereocenters. The van der Waals surface area contributed by atoms with Crippen molar-refractivity contribution in [2.75, 3.05) is 64.7 Å². The highest BCUT2D eigenvalue weighted by atomic mass is 16.8. The highest BCUT2D eigenvalue weighted by molar-refractivity contribution is 5.98. The van der Waals surface area contributed by atoms with Crippen LogP contribution in [-0.4, -0.2) is 441 Å². The Hall–Kier alpha value is -5.56. The number of ether oxygens (including phenoxy) is 14. The first-order valence-electron chi connectivity index (χ1n) is 35.9. The third kappa shape index (κ3) is 22.1. The van der Waals surface area contributed by atoms with Gasteiger partial charge in [-0.1, -0.05) is 12.1 Å². The summed E-state index contributed by atoms with van der Waals surface area (Å²) >= 11 is 0. The second-order valence-electron chi connectivity index (χ2n) is 28.0. The predicted molar refractivity (Wildman–Crippen MR) is 361 cm³/mol. The second kappa shape index (κ2) is 41.7. The van der Waals surface area contributed by atoms with Gasteiger partial charge in [-0.05, 0) is 12.1 Å². The van der Waals surface area contributed by atoms with E-state index in [2.05, 4.69) is 31.9 Å². The van der Waals surface area contributed by atoms with Crippen LogP contribution in [0.4, 0.5) is 5.69 Å². The molecule has 48 nitrogen and oxygen atoms in total. The smallest absolute Gasteiger partial charge is 0.250 e. The predicted octanol–water partition coefficient (Wildman–Crippen LogP) is -16.9. The molecule has 7 aliphatic heterocycles. The molecule has 0 saturated carbocycles. The van der Waals surface area contributed by atoms with E-state index in [4.69, 9.17) is 72.0 Å². The van der Waals surface area contributed by atoms with Gasteiger partial charge in [0.25, 0.3) is 5.91 Å². The van der Waals surface area contributed by atoms with Gasteiger partial charge in [0.05, 0.1) is 64.5 Å². The standard InChI is InChI=1S/C65H105N7O41/c1-19(80)68-26(10-67-25-9-7-6-8-24(25)58(66)99)39(86)52(27(85)11-73)108-62-38(72-23(5)84)48(95)53(32(16-78)105-62)110-63-51(98)55(44(91)34(107-63)18-100-64-56(49(96)43(90)31(15-77)104-64)112-60-36(70-21(3)82)46(93)41(88)29(13-75)102-60)111-65-57(113-61-37(71-22(4)83)47(94)42(89)30(14-76)103-61)50(97)54(33(17-79)106-65)109-59-35(69-20(2)81)45(92)40(87)28(12-74)101-59/h6-9,26-57,59-65,67,73-79,85-98H,10-18H2,1-5H3,(H2,66,99)(H,68,80)(H,69,81)(H,70,82)(H,71,83)(H,72,84)/t26?,27?,28?,29?,30?,31?,32?,33?,34?,35?,36?,37?,38?,39-,40-,41-,42-,43-,44-,45-,46-,47-,48-,49+,50+,51?,52-,53-,54-,55+,56?,57?,59+,60+,61+,62+,63+,64+,65-/m1/s1. The monoisotopic (exact) mass is 1640 g/mol. The number of anilines is 1. The third-order valence-corrected chi connectivity index (χ3v) is 19.8. The molecule has 0 bridgehead atoms. The number of para-hydroxylation sites is 1.